The lowest BCUT2D eigenvalue weighted by Crippen LogP contribution is -2.53. The Kier molecular flexibility index (Phi) is 3.86. The molecule has 1 aromatic heterocycles. The van der Waals surface area contributed by atoms with Crippen molar-refractivity contribution in [3.8, 4) is 0 Å². The predicted molar refractivity (Wildman–Crippen MR) is 115 cm³/mol. The summed E-state index contributed by atoms with van der Waals surface area (Å²) >= 11 is 0. The van der Waals surface area contributed by atoms with Gasteiger partial charge in [0.1, 0.15) is 5.82 Å². The third-order valence-electron chi connectivity index (χ3n) is 8.34. The monoisotopic (exact) mass is 376 g/mol. The number of fused-ring (bicyclic) bond motifs is 1. The molecule has 7 rings (SSSR count). The van der Waals surface area contributed by atoms with Gasteiger partial charge in [-0.15, -0.1) is 0 Å². The van der Waals surface area contributed by atoms with E-state index < -0.39 is 0 Å². The first-order chi connectivity index (χ1) is 13.7. The standard InChI is InChI=1S/C24H32N4/c1-16(24-13-17-10-18(14-24)12-19(11-17)15-24)25-22-20-6-2-3-7-21(20)26-23(27-22)28-8-4-5-9-28/h2-3,6-7,16-19H,4-5,8-15H2,1H3,(H,25,26,27)/t16-,17?,18?,19?,24?/m0/s1. The molecular formula is C24H32N4. The minimum Gasteiger partial charge on any atom is -0.366 e. The molecule has 1 aliphatic heterocycles. The summed E-state index contributed by atoms with van der Waals surface area (Å²) in [4.78, 5) is 12.3. The molecule has 28 heavy (non-hydrogen) atoms. The van der Waals surface area contributed by atoms with Crippen LogP contribution in [0.2, 0.25) is 0 Å². The minimum absolute atomic E-state index is 0.477. The zero-order valence-electron chi connectivity index (χ0n) is 17.0. The van der Waals surface area contributed by atoms with E-state index in [0.717, 1.165) is 48.1 Å². The van der Waals surface area contributed by atoms with Gasteiger partial charge >= 0.3 is 0 Å². The molecule has 1 N–H and O–H groups in total. The van der Waals surface area contributed by atoms with Gasteiger partial charge in [0.2, 0.25) is 5.95 Å². The lowest BCUT2D eigenvalue weighted by Gasteiger charge is -2.59. The highest BCUT2D eigenvalue weighted by Crippen LogP contribution is 2.61. The molecule has 0 amide bonds. The maximum absolute atomic E-state index is 5.05. The molecule has 1 atom stereocenters. The molecule has 148 valence electrons. The van der Waals surface area contributed by atoms with Gasteiger partial charge in [0, 0.05) is 24.5 Å². The molecule has 0 spiro atoms. The second-order valence-corrected chi connectivity index (χ2v) is 10.2. The fourth-order valence-electron chi connectivity index (χ4n) is 7.30. The van der Waals surface area contributed by atoms with Crippen LogP contribution in [-0.4, -0.2) is 29.1 Å². The lowest BCUT2D eigenvalue weighted by molar-refractivity contribution is -0.0602. The van der Waals surface area contributed by atoms with Crippen LogP contribution in [0.1, 0.15) is 58.3 Å². The molecule has 0 unspecified atom stereocenters. The third-order valence-corrected chi connectivity index (χ3v) is 8.34. The van der Waals surface area contributed by atoms with Crippen LogP contribution < -0.4 is 10.2 Å². The Bertz CT molecular complexity index is 850. The van der Waals surface area contributed by atoms with Crippen molar-refractivity contribution in [3.63, 3.8) is 0 Å². The molecule has 1 aromatic carbocycles. The van der Waals surface area contributed by atoms with Crippen LogP contribution in [0.3, 0.4) is 0 Å². The van der Waals surface area contributed by atoms with Gasteiger partial charge in [-0.25, -0.2) is 4.98 Å². The summed E-state index contributed by atoms with van der Waals surface area (Å²) < 4.78 is 0. The highest BCUT2D eigenvalue weighted by atomic mass is 15.3. The van der Waals surface area contributed by atoms with Gasteiger partial charge in [-0.05, 0) is 93.6 Å². The maximum atomic E-state index is 5.05. The van der Waals surface area contributed by atoms with Crippen LogP contribution in [0.15, 0.2) is 24.3 Å². The van der Waals surface area contributed by atoms with E-state index in [4.69, 9.17) is 9.97 Å². The van der Waals surface area contributed by atoms with Crippen molar-refractivity contribution in [2.45, 2.75) is 64.3 Å². The largest absolute Gasteiger partial charge is 0.366 e. The molecule has 2 aromatic rings. The van der Waals surface area contributed by atoms with Crippen LogP contribution in [0.4, 0.5) is 11.8 Å². The molecule has 5 aliphatic rings. The number of anilines is 2. The summed E-state index contributed by atoms with van der Waals surface area (Å²) in [6, 6.07) is 9.00. The van der Waals surface area contributed by atoms with Gasteiger partial charge in [-0.3, -0.25) is 0 Å². The van der Waals surface area contributed by atoms with Crippen LogP contribution in [0, 0.1) is 23.2 Å². The Labute approximate surface area is 168 Å². The van der Waals surface area contributed by atoms with Gasteiger partial charge < -0.3 is 10.2 Å². The van der Waals surface area contributed by atoms with E-state index in [1.54, 1.807) is 0 Å². The first-order valence-corrected chi connectivity index (χ1v) is 11.5. The number of benzene rings is 1. The molecule has 2 heterocycles. The summed E-state index contributed by atoms with van der Waals surface area (Å²) in [6.07, 6.45) is 11.3. The van der Waals surface area contributed by atoms with Crippen molar-refractivity contribution in [1.82, 2.24) is 9.97 Å². The quantitative estimate of drug-likeness (QED) is 0.791. The summed E-state index contributed by atoms with van der Waals surface area (Å²) in [5, 5.41) is 5.10. The molecular weight excluding hydrogens is 344 g/mol. The van der Waals surface area contributed by atoms with Crippen molar-refractivity contribution in [1.29, 1.82) is 0 Å². The first kappa shape index (κ1) is 17.1. The second kappa shape index (κ2) is 6.33. The fraction of sp³-hybridized carbons (Fsp3) is 0.667. The lowest BCUT2D eigenvalue weighted by atomic mass is 9.48. The number of nitrogens with one attached hydrogen (secondary N) is 1. The molecule has 1 saturated heterocycles. The number of hydrogen-bond acceptors (Lipinski definition) is 4. The average Bonchev–Trinajstić information content (AvgIpc) is 3.21. The van der Waals surface area contributed by atoms with E-state index in [2.05, 4.69) is 41.4 Å². The van der Waals surface area contributed by atoms with E-state index in [9.17, 15) is 0 Å². The Morgan fingerprint density at radius 1 is 0.964 bits per heavy atom. The van der Waals surface area contributed by atoms with Gasteiger partial charge in [-0.1, -0.05) is 12.1 Å². The molecule has 5 fully saturated rings. The highest BCUT2D eigenvalue weighted by Gasteiger charge is 2.53. The SMILES string of the molecule is C[C@H](Nc1nc(N2CCCC2)nc2ccccc12)C12CC3CC(CC(C3)C1)C2. The molecule has 0 radical (unpaired) electrons. The van der Waals surface area contributed by atoms with E-state index in [-0.39, 0.29) is 0 Å². The van der Waals surface area contributed by atoms with E-state index in [1.165, 1.54) is 56.8 Å². The van der Waals surface area contributed by atoms with Crippen molar-refractivity contribution in [3.05, 3.63) is 24.3 Å². The number of aromatic nitrogens is 2. The predicted octanol–water partition coefficient (Wildman–Crippen LogP) is 5.25. The summed E-state index contributed by atoms with van der Waals surface area (Å²) in [5.74, 6) is 4.92. The van der Waals surface area contributed by atoms with Crippen molar-refractivity contribution in [2.75, 3.05) is 23.3 Å². The van der Waals surface area contributed by atoms with Gasteiger partial charge in [0.15, 0.2) is 0 Å². The summed E-state index contributed by atoms with van der Waals surface area (Å²) in [7, 11) is 0. The number of hydrogen-bond donors (Lipinski definition) is 1. The molecule has 4 aliphatic carbocycles. The fourth-order valence-corrected chi connectivity index (χ4v) is 7.30. The Morgan fingerprint density at radius 3 is 2.29 bits per heavy atom. The maximum Gasteiger partial charge on any atom is 0.227 e. The van der Waals surface area contributed by atoms with Gasteiger partial charge in [0.05, 0.1) is 5.52 Å². The first-order valence-electron chi connectivity index (χ1n) is 11.5. The van der Waals surface area contributed by atoms with Crippen LogP contribution in [0.5, 0.6) is 0 Å². The van der Waals surface area contributed by atoms with E-state index in [1.807, 2.05) is 0 Å². The molecule has 4 nitrogen and oxygen atoms in total. The van der Waals surface area contributed by atoms with Crippen LogP contribution in [-0.2, 0) is 0 Å². The third kappa shape index (κ3) is 2.71. The molecule has 4 bridgehead atoms. The van der Waals surface area contributed by atoms with Crippen molar-refractivity contribution >= 4 is 22.7 Å². The average molecular weight is 377 g/mol. The normalized spacial score (nSPS) is 34.9. The van der Waals surface area contributed by atoms with Gasteiger partial charge in [0.25, 0.3) is 0 Å². The zero-order chi connectivity index (χ0) is 18.7. The molecule has 4 heteroatoms. The van der Waals surface area contributed by atoms with Crippen LogP contribution in [0.25, 0.3) is 10.9 Å². The van der Waals surface area contributed by atoms with E-state index in [0.29, 0.717) is 11.5 Å². The van der Waals surface area contributed by atoms with E-state index >= 15 is 0 Å². The Balaban J connectivity index is 1.34. The second-order valence-electron chi connectivity index (χ2n) is 10.2. The molecule has 4 saturated carbocycles. The van der Waals surface area contributed by atoms with Crippen molar-refractivity contribution in [2.24, 2.45) is 23.2 Å². The number of nitrogens with zero attached hydrogens (tertiary/aromatic N) is 3. The van der Waals surface area contributed by atoms with Crippen LogP contribution >= 0.6 is 0 Å². The Morgan fingerprint density at radius 2 is 1.61 bits per heavy atom. The minimum atomic E-state index is 0.477. The van der Waals surface area contributed by atoms with Gasteiger partial charge in [-0.2, -0.15) is 4.98 Å². The number of para-hydroxylation sites is 1. The number of rotatable bonds is 4. The highest BCUT2D eigenvalue weighted by molar-refractivity contribution is 5.90. The summed E-state index contributed by atoms with van der Waals surface area (Å²) in [6.45, 7) is 4.60. The zero-order valence-corrected chi connectivity index (χ0v) is 17.0. The summed E-state index contributed by atoms with van der Waals surface area (Å²) in [5.41, 5.74) is 1.55. The Hall–Kier alpha value is -1.84. The smallest absolute Gasteiger partial charge is 0.227 e. The van der Waals surface area contributed by atoms with Crippen molar-refractivity contribution < 1.29 is 0 Å². The topological polar surface area (TPSA) is 41.1 Å².